The highest BCUT2D eigenvalue weighted by Gasteiger charge is 2.19. The molecule has 0 amide bonds. The average Bonchev–Trinajstić information content (AvgIpc) is 2.27. The van der Waals surface area contributed by atoms with Crippen LogP contribution in [0.4, 0.5) is 0 Å². The van der Waals surface area contributed by atoms with Gasteiger partial charge in [-0.1, -0.05) is 32.0 Å². The second-order valence-corrected chi connectivity index (χ2v) is 6.18. The van der Waals surface area contributed by atoms with E-state index in [9.17, 15) is 5.11 Å². The van der Waals surface area contributed by atoms with Gasteiger partial charge in [-0.25, -0.2) is 0 Å². The van der Waals surface area contributed by atoms with E-state index in [4.69, 9.17) is 5.73 Å². The third kappa shape index (κ3) is 4.70. The van der Waals surface area contributed by atoms with Crippen molar-refractivity contribution in [3.05, 3.63) is 29.8 Å². The topological polar surface area (TPSA) is 46.2 Å². The van der Waals surface area contributed by atoms with Gasteiger partial charge in [-0.3, -0.25) is 0 Å². The van der Waals surface area contributed by atoms with Crippen molar-refractivity contribution in [2.24, 2.45) is 11.7 Å². The molecule has 0 fully saturated rings. The van der Waals surface area contributed by atoms with Crippen LogP contribution in [-0.2, 0) is 0 Å². The minimum atomic E-state index is 0.0459. The molecular weight excluding hydrogens is 230 g/mol. The first-order valence-corrected chi connectivity index (χ1v) is 7.01. The van der Waals surface area contributed by atoms with Gasteiger partial charge >= 0.3 is 0 Å². The van der Waals surface area contributed by atoms with Crippen molar-refractivity contribution >= 4 is 11.8 Å². The summed E-state index contributed by atoms with van der Waals surface area (Å²) < 4.78 is 0. The SMILES string of the molecule is Cc1ccccc1SC(CO)C(N)CC(C)C. The van der Waals surface area contributed by atoms with Crippen molar-refractivity contribution in [3.63, 3.8) is 0 Å². The summed E-state index contributed by atoms with van der Waals surface area (Å²) in [4.78, 5) is 1.21. The average molecular weight is 253 g/mol. The molecule has 1 aromatic carbocycles. The zero-order valence-corrected chi connectivity index (χ0v) is 11.7. The standard InChI is InChI=1S/C14H23NOS/c1-10(2)8-12(15)14(9-16)17-13-7-5-4-6-11(13)3/h4-7,10,12,14,16H,8-9,15H2,1-3H3. The molecule has 0 aliphatic carbocycles. The molecule has 3 heteroatoms. The maximum absolute atomic E-state index is 9.46. The summed E-state index contributed by atoms with van der Waals surface area (Å²) in [5, 5.41) is 9.54. The Hall–Kier alpha value is -0.510. The van der Waals surface area contributed by atoms with Crippen LogP contribution in [0.5, 0.6) is 0 Å². The maximum atomic E-state index is 9.46. The lowest BCUT2D eigenvalue weighted by Crippen LogP contribution is -2.36. The van der Waals surface area contributed by atoms with Gasteiger partial charge in [-0.15, -0.1) is 11.8 Å². The van der Waals surface area contributed by atoms with Gasteiger partial charge in [0, 0.05) is 16.2 Å². The van der Waals surface area contributed by atoms with E-state index in [0.717, 1.165) is 6.42 Å². The molecule has 1 aromatic rings. The van der Waals surface area contributed by atoms with E-state index < -0.39 is 0 Å². The van der Waals surface area contributed by atoms with Crippen molar-refractivity contribution in [1.29, 1.82) is 0 Å². The second kappa shape index (κ2) is 7.04. The molecule has 17 heavy (non-hydrogen) atoms. The Kier molecular flexibility index (Phi) is 6.03. The van der Waals surface area contributed by atoms with Crippen LogP contribution in [0.1, 0.15) is 25.8 Å². The highest BCUT2D eigenvalue weighted by molar-refractivity contribution is 8.00. The van der Waals surface area contributed by atoms with Gasteiger partial charge in [0.1, 0.15) is 0 Å². The van der Waals surface area contributed by atoms with Crippen LogP contribution in [0.15, 0.2) is 29.2 Å². The van der Waals surface area contributed by atoms with E-state index in [-0.39, 0.29) is 17.9 Å². The normalized spacial score (nSPS) is 14.9. The molecule has 0 bridgehead atoms. The van der Waals surface area contributed by atoms with E-state index in [2.05, 4.69) is 32.9 Å². The zero-order valence-electron chi connectivity index (χ0n) is 10.9. The number of thioether (sulfide) groups is 1. The fraction of sp³-hybridized carbons (Fsp3) is 0.571. The summed E-state index contributed by atoms with van der Waals surface area (Å²) >= 11 is 1.69. The van der Waals surface area contributed by atoms with Crippen LogP contribution in [0.2, 0.25) is 0 Å². The molecule has 2 nitrogen and oxygen atoms in total. The fourth-order valence-corrected chi connectivity index (χ4v) is 2.91. The number of nitrogens with two attached hydrogens (primary N) is 1. The number of aryl methyl sites for hydroxylation is 1. The van der Waals surface area contributed by atoms with Crippen molar-refractivity contribution < 1.29 is 5.11 Å². The molecule has 96 valence electrons. The van der Waals surface area contributed by atoms with E-state index in [1.165, 1.54) is 10.5 Å². The van der Waals surface area contributed by atoms with Gasteiger partial charge in [0.15, 0.2) is 0 Å². The molecule has 0 radical (unpaired) electrons. The molecule has 0 saturated carbocycles. The summed E-state index contributed by atoms with van der Waals surface area (Å²) in [7, 11) is 0. The Morgan fingerprint density at radius 3 is 2.47 bits per heavy atom. The molecule has 0 heterocycles. The summed E-state index contributed by atoms with van der Waals surface area (Å²) in [6.07, 6.45) is 0.949. The van der Waals surface area contributed by atoms with Gasteiger partial charge in [-0.05, 0) is 30.9 Å². The van der Waals surface area contributed by atoms with Crippen molar-refractivity contribution in [2.75, 3.05) is 6.61 Å². The molecule has 0 spiro atoms. The van der Waals surface area contributed by atoms with E-state index in [1.54, 1.807) is 11.8 Å². The Labute approximate surface area is 109 Å². The molecule has 2 atom stereocenters. The van der Waals surface area contributed by atoms with Gasteiger partial charge in [0.05, 0.1) is 6.61 Å². The number of aliphatic hydroxyl groups is 1. The third-order valence-electron chi connectivity index (χ3n) is 2.77. The molecule has 2 unspecified atom stereocenters. The monoisotopic (exact) mass is 253 g/mol. The van der Waals surface area contributed by atoms with Crippen LogP contribution in [0, 0.1) is 12.8 Å². The van der Waals surface area contributed by atoms with E-state index >= 15 is 0 Å². The quantitative estimate of drug-likeness (QED) is 0.766. The minimum Gasteiger partial charge on any atom is -0.395 e. The van der Waals surface area contributed by atoms with Gasteiger partial charge in [-0.2, -0.15) is 0 Å². The Morgan fingerprint density at radius 1 is 1.29 bits per heavy atom. The maximum Gasteiger partial charge on any atom is 0.0568 e. The summed E-state index contributed by atoms with van der Waals surface area (Å²) in [5.74, 6) is 0.566. The molecule has 0 aromatic heterocycles. The summed E-state index contributed by atoms with van der Waals surface area (Å²) in [6, 6.07) is 8.28. The lowest BCUT2D eigenvalue weighted by molar-refractivity contribution is 0.275. The molecule has 0 aliphatic heterocycles. The number of aliphatic hydroxyl groups excluding tert-OH is 1. The minimum absolute atomic E-state index is 0.0459. The largest absolute Gasteiger partial charge is 0.395 e. The first-order valence-electron chi connectivity index (χ1n) is 6.13. The number of hydrogen-bond donors (Lipinski definition) is 2. The fourth-order valence-electron chi connectivity index (χ4n) is 1.81. The van der Waals surface area contributed by atoms with Crippen LogP contribution in [0.3, 0.4) is 0 Å². The molecule has 0 saturated heterocycles. The van der Waals surface area contributed by atoms with Gasteiger partial charge < -0.3 is 10.8 Å². The van der Waals surface area contributed by atoms with Crippen LogP contribution >= 0.6 is 11.8 Å². The van der Waals surface area contributed by atoms with Crippen molar-refractivity contribution in [2.45, 2.75) is 43.4 Å². The Balaban J connectivity index is 2.66. The van der Waals surface area contributed by atoms with Crippen LogP contribution in [0.25, 0.3) is 0 Å². The highest BCUT2D eigenvalue weighted by atomic mass is 32.2. The van der Waals surface area contributed by atoms with Crippen LogP contribution in [-0.4, -0.2) is 23.0 Å². The first-order chi connectivity index (χ1) is 8.04. The number of rotatable bonds is 6. The molecule has 1 rings (SSSR count). The third-order valence-corrected chi connectivity index (χ3v) is 4.29. The lowest BCUT2D eigenvalue weighted by Gasteiger charge is -2.23. The Bertz CT molecular complexity index is 341. The second-order valence-electron chi connectivity index (χ2n) is 4.90. The van der Waals surface area contributed by atoms with Gasteiger partial charge in [0.25, 0.3) is 0 Å². The molecule has 0 aliphatic rings. The van der Waals surface area contributed by atoms with Crippen LogP contribution < -0.4 is 5.73 Å². The summed E-state index contributed by atoms with van der Waals surface area (Å²) in [5.41, 5.74) is 7.39. The smallest absolute Gasteiger partial charge is 0.0568 e. The molecular formula is C14H23NOS. The predicted octanol–water partition coefficient (Wildman–Crippen LogP) is 2.82. The Morgan fingerprint density at radius 2 is 1.94 bits per heavy atom. The van der Waals surface area contributed by atoms with Crippen molar-refractivity contribution in [3.8, 4) is 0 Å². The first kappa shape index (κ1) is 14.6. The number of hydrogen-bond acceptors (Lipinski definition) is 3. The highest BCUT2D eigenvalue weighted by Crippen LogP contribution is 2.29. The van der Waals surface area contributed by atoms with Gasteiger partial charge in [0.2, 0.25) is 0 Å². The van der Waals surface area contributed by atoms with Crippen molar-refractivity contribution in [1.82, 2.24) is 0 Å². The predicted molar refractivity (Wildman–Crippen MR) is 75.3 cm³/mol. The molecule has 3 N–H and O–H groups in total. The lowest BCUT2D eigenvalue weighted by atomic mass is 10.0. The number of benzene rings is 1. The summed E-state index contributed by atoms with van der Waals surface area (Å²) in [6.45, 7) is 6.54. The van der Waals surface area contributed by atoms with E-state index in [1.807, 2.05) is 12.1 Å². The van der Waals surface area contributed by atoms with E-state index in [0.29, 0.717) is 5.92 Å². The zero-order chi connectivity index (χ0) is 12.8.